The summed E-state index contributed by atoms with van der Waals surface area (Å²) in [6.07, 6.45) is 0.981. The van der Waals surface area contributed by atoms with Crippen molar-refractivity contribution in [2.24, 2.45) is 11.1 Å². The van der Waals surface area contributed by atoms with Crippen molar-refractivity contribution in [3.05, 3.63) is 60.2 Å². The van der Waals surface area contributed by atoms with E-state index in [-0.39, 0.29) is 5.41 Å². The van der Waals surface area contributed by atoms with E-state index in [2.05, 4.69) is 26.0 Å². The van der Waals surface area contributed by atoms with E-state index >= 15 is 0 Å². The van der Waals surface area contributed by atoms with E-state index in [1.165, 1.54) is 5.56 Å². The van der Waals surface area contributed by atoms with Gasteiger partial charge in [0.15, 0.2) is 0 Å². The average molecular weight is 255 g/mol. The zero-order chi connectivity index (χ0) is 13.7. The first-order chi connectivity index (χ1) is 9.09. The van der Waals surface area contributed by atoms with Crippen LogP contribution in [0.3, 0.4) is 0 Å². The molecular formula is C17H21NO. The lowest BCUT2D eigenvalue weighted by atomic mass is 9.86. The molecule has 0 aliphatic heterocycles. The highest BCUT2D eigenvalue weighted by atomic mass is 16.5. The quantitative estimate of drug-likeness (QED) is 0.876. The second-order valence-corrected chi connectivity index (χ2v) is 5.60. The Hall–Kier alpha value is -1.80. The molecule has 0 amide bonds. The van der Waals surface area contributed by atoms with Crippen molar-refractivity contribution in [2.75, 3.05) is 6.54 Å². The standard InChI is InChI=1S/C17H21NO/c1-17(2,13-18)12-14-8-10-16(11-9-14)19-15-6-4-3-5-7-15/h3-11H,12-13,18H2,1-2H3. The Balaban J connectivity index is 2.03. The molecule has 2 aromatic rings. The largest absolute Gasteiger partial charge is 0.457 e. The molecule has 2 nitrogen and oxygen atoms in total. The number of hydrogen-bond donors (Lipinski definition) is 1. The van der Waals surface area contributed by atoms with Gasteiger partial charge in [-0.2, -0.15) is 0 Å². The normalized spacial score (nSPS) is 11.3. The number of hydrogen-bond acceptors (Lipinski definition) is 2. The van der Waals surface area contributed by atoms with E-state index in [9.17, 15) is 0 Å². The van der Waals surface area contributed by atoms with Crippen molar-refractivity contribution in [1.82, 2.24) is 0 Å². The summed E-state index contributed by atoms with van der Waals surface area (Å²) in [5.74, 6) is 1.72. The van der Waals surface area contributed by atoms with Crippen molar-refractivity contribution in [2.45, 2.75) is 20.3 Å². The first-order valence-electron chi connectivity index (χ1n) is 6.61. The fraction of sp³-hybridized carbons (Fsp3) is 0.294. The van der Waals surface area contributed by atoms with Gasteiger partial charge in [-0.05, 0) is 48.2 Å². The van der Waals surface area contributed by atoms with Crippen LogP contribution in [-0.2, 0) is 6.42 Å². The van der Waals surface area contributed by atoms with Crippen molar-refractivity contribution in [3.63, 3.8) is 0 Å². The van der Waals surface area contributed by atoms with Gasteiger partial charge in [0, 0.05) is 0 Å². The van der Waals surface area contributed by atoms with Gasteiger partial charge in [-0.1, -0.05) is 44.2 Å². The van der Waals surface area contributed by atoms with E-state index in [1.807, 2.05) is 42.5 Å². The van der Waals surface area contributed by atoms with Gasteiger partial charge in [0.05, 0.1) is 0 Å². The maximum absolute atomic E-state index is 5.77. The predicted molar refractivity (Wildman–Crippen MR) is 79.5 cm³/mol. The third-order valence-electron chi connectivity index (χ3n) is 3.14. The topological polar surface area (TPSA) is 35.2 Å². The Labute approximate surface area is 115 Å². The summed E-state index contributed by atoms with van der Waals surface area (Å²) in [5, 5.41) is 0. The zero-order valence-corrected chi connectivity index (χ0v) is 11.6. The van der Waals surface area contributed by atoms with Crippen LogP contribution in [0.1, 0.15) is 19.4 Å². The molecule has 2 rings (SSSR count). The van der Waals surface area contributed by atoms with Gasteiger partial charge in [-0.15, -0.1) is 0 Å². The molecule has 100 valence electrons. The molecule has 19 heavy (non-hydrogen) atoms. The van der Waals surface area contributed by atoms with Crippen molar-refractivity contribution in [3.8, 4) is 11.5 Å². The van der Waals surface area contributed by atoms with Crippen LogP contribution in [0.2, 0.25) is 0 Å². The Morgan fingerprint density at radius 1 is 0.895 bits per heavy atom. The lowest BCUT2D eigenvalue weighted by Crippen LogP contribution is -2.25. The molecule has 0 spiro atoms. The van der Waals surface area contributed by atoms with Gasteiger partial charge < -0.3 is 10.5 Å². The average Bonchev–Trinajstić information content (AvgIpc) is 2.42. The molecule has 0 bridgehead atoms. The third kappa shape index (κ3) is 4.11. The van der Waals surface area contributed by atoms with Crippen molar-refractivity contribution >= 4 is 0 Å². The van der Waals surface area contributed by atoms with Gasteiger partial charge in [-0.3, -0.25) is 0 Å². The molecule has 0 radical (unpaired) electrons. The van der Waals surface area contributed by atoms with Gasteiger partial charge in [0.2, 0.25) is 0 Å². The maximum Gasteiger partial charge on any atom is 0.127 e. The second kappa shape index (κ2) is 5.89. The molecule has 0 atom stereocenters. The summed E-state index contributed by atoms with van der Waals surface area (Å²) in [5.41, 5.74) is 7.19. The van der Waals surface area contributed by atoms with E-state index in [4.69, 9.17) is 10.5 Å². The van der Waals surface area contributed by atoms with E-state index < -0.39 is 0 Å². The molecule has 2 aromatic carbocycles. The maximum atomic E-state index is 5.77. The smallest absolute Gasteiger partial charge is 0.127 e. The number of rotatable bonds is 5. The van der Waals surface area contributed by atoms with E-state index in [0.29, 0.717) is 6.54 Å². The summed E-state index contributed by atoms with van der Waals surface area (Å²) in [6.45, 7) is 5.05. The highest BCUT2D eigenvalue weighted by Gasteiger charge is 2.15. The van der Waals surface area contributed by atoms with Gasteiger partial charge >= 0.3 is 0 Å². The van der Waals surface area contributed by atoms with Gasteiger partial charge in [-0.25, -0.2) is 0 Å². The fourth-order valence-electron chi connectivity index (χ4n) is 1.92. The molecule has 0 saturated heterocycles. The minimum Gasteiger partial charge on any atom is -0.457 e. The monoisotopic (exact) mass is 255 g/mol. The minimum atomic E-state index is 0.141. The van der Waals surface area contributed by atoms with Crippen LogP contribution >= 0.6 is 0 Å². The molecule has 0 unspecified atom stereocenters. The van der Waals surface area contributed by atoms with Crippen LogP contribution in [0.4, 0.5) is 0 Å². The zero-order valence-electron chi connectivity index (χ0n) is 11.6. The first kappa shape index (κ1) is 13.6. The Bertz CT molecular complexity index is 503. The molecule has 2 N–H and O–H groups in total. The SMILES string of the molecule is CC(C)(CN)Cc1ccc(Oc2ccccc2)cc1. The highest BCUT2D eigenvalue weighted by Crippen LogP contribution is 2.24. The first-order valence-corrected chi connectivity index (χ1v) is 6.61. The van der Waals surface area contributed by atoms with Crippen LogP contribution in [0.5, 0.6) is 11.5 Å². The Kier molecular flexibility index (Phi) is 4.23. The fourth-order valence-corrected chi connectivity index (χ4v) is 1.92. The van der Waals surface area contributed by atoms with Crippen LogP contribution < -0.4 is 10.5 Å². The summed E-state index contributed by atoms with van der Waals surface area (Å²) in [6, 6.07) is 18.0. The van der Waals surface area contributed by atoms with Gasteiger partial charge in [0.1, 0.15) is 11.5 Å². The molecular weight excluding hydrogens is 234 g/mol. The Morgan fingerprint density at radius 2 is 1.47 bits per heavy atom. The summed E-state index contributed by atoms with van der Waals surface area (Å²) >= 11 is 0. The molecule has 0 saturated carbocycles. The molecule has 0 aliphatic rings. The van der Waals surface area contributed by atoms with Gasteiger partial charge in [0.25, 0.3) is 0 Å². The van der Waals surface area contributed by atoms with Crippen LogP contribution in [0, 0.1) is 5.41 Å². The molecule has 2 heteroatoms. The van der Waals surface area contributed by atoms with Crippen LogP contribution in [-0.4, -0.2) is 6.54 Å². The predicted octanol–water partition coefficient (Wildman–Crippen LogP) is 4.01. The highest BCUT2D eigenvalue weighted by molar-refractivity contribution is 5.33. The Morgan fingerprint density at radius 3 is 2.05 bits per heavy atom. The summed E-state index contributed by atoms with van der Waals surface area (Å²) in [4.78, 5) is 0. The molecule has 0 fully saturated rings. The second-order valence-electron chi connectivity index (χ2n) is 5.60. The summed E-state index contributed by atoms with van der Waals surface area (Å²) < 4.78 is 5.77. The van der Waals surface area contributed by atoms with Crippen molar-refractivity contribution < 1.29 is 4.74 Å². The number of benzene rings is 2. The minimum absolute atomic E-state index is 0.141. The molecule has 0 aliphatic carbocycles. The molecule has 0 heterocycles. The lowest BCUT2D eigenvalue weighted by Gasteiger charge is -2.22. The van der Waals surface area contributed by atoms with Crippen LogP contribution in [0.25, 0.3) is 0 Å². The lowest BCUT2D eigenvalue weighted by molar-refractivity contribution is 0.376. The van der Waals surface area contributed by atoms with Crippen molar-refractivity contribution in [1.29, 1.82) is 0 Å². The molecule has 0 aromatic heterocycles. The van der Waals surface area contributed by atoms with Crippen LogP contribution in [0.15, 0.2) is 54.6 Å². The number of ether oxygens (including phenoxy) is 1. The van der Waals surface area contributed by atoms with E-state index in [0.717, 1.165) is 17.9 Å². The van der Waals surface area contributed by atoms with E-state index in [1.54, 1.807) is 0 Å². The number of para-hydroxylation sites is 1. The number of nitrogens with two attached hydrogens (primary N) is 1. The summed E-state index contributed by atoms with van der Waals surface area (Å²) in [7, 11) is 0. The third-order valence-corrected chi connectivity index (χ3v) is 3.14.